The van der Waals surface area contributed by atoms with Crippen LogP contribution < -0.4 is 9.64 Å². The minimum Gasteiger partial charge on any atom is -0.492 e. The number of aryl methyl sites for hydroxylation is 1. The van der Waals surface area contributed by atoms with E-state index in [1.54, 1.807) is 0 Å². The lowest BCUT2D eigenvalue weighted by Gasteiger charge is -2.37. The number of rotatable bonds is 6. The molecule has 2 aromatic carbocycles. The van der Waals surface area contributed by atoms with Gasteiger partial charge in [0.25, 0.3) is 0 Å². The van der Waals surface area contributed by atoms with Crippen molar-refractivity contribution in [2.45, 2.75) is 27.2 Å². The summed E-state index contributed by atoms with van der Waals surface area (Å²) < 4.78 is 8.17. The normalized spacial score (nSPS) is 14.6. The lowest BCUT2D eigenvalue weighted by molar-refractivity contribution is 0.200. The van der Waals surface area contributed by atoms with Gasteiger partial charge in [-0.05, 0) is 55.7 Å². The Morgan fingerprint density at radius 3 is 2.44 bits per heavy atom. The largest absolute Gasteiger partial charge is 0.492 e. The number of piperazine rings is 1. The molecule has 2 aromatic heterocycles. The number of pyridine rings is 1. The molecule has 0 aliphatic carbocycles. The molecule has 0 unspecified atom stereocenters. The van der Waals surface area contributed by atoms with Crippen LogP contribution in [-0.4, -0.2) is 53.6 Å². The Balaban J connectivity index is 1.38. The summed E-state index contributed by atoms with van der Waals surface area (Å²) >= 11 is 0. The Bertz CT molecular complexity index is 1360. The highest BCUT2D eigenvalue weighted by Crippen LogP contribution is 2.34. The number of imidazole rings is 1. The van der Waals surface area contributed by atoms with E-state index in [1.807, 2.05) is 30.3 Å². The third-order valence-corrected chi connectivity index (χ3v) is 6.93. The first kappa shape index (κ1) is 22.2. The summed E-state index contributed by atoms with van der Waals surface area (Å²) in [5.41, 5.74) is 6.98. The van der Waals surface area contributed by atoms with Crippen molar-refractivity contribution in [2.75, 3.05) is 44.2 Å². The Labute approximate surface area is 201 Å². The number of benzene rings is 2. The number of ether oxygens (including phenoxy) is 1. The number of aromatic nitrogens is 2. The molecule has 174 valence electrons. The Morgan fingerprint density at radius 1 is 1.00 bits per heavy atom. The fourth-order valence-electron chi connectivity index (χ4n) is 5.03. The molecule has 0 amide bonds. The highest BCUT2D eigenvalue weighted by Gasteiger charge is 2.26. The van der Waals surface area contributed by atoms with Gasteiger partial charge in [0.05, 0.1) is 16.6 Å². The van der Waals surface area contributed by atoms with Gasteiger partial charge in [-0.15, -0.1) is 0 Å². The van der Waals surface area contributed by atoms with E-state index in [-0.39, 0.29) is 0 Å². The predicted octanol–water partition coefficient (Wildman–Crippen LogP) is 4.74. The first-order valence-electron chi connectivity index (χ1n) is 12.1. The van der Waals surface area contributed by atoms with Crippen LogP contribution in [0.3, 0.4) is 0 Å². The zero-order chi connectivity index (χ0) is 23.7. The molecule has 1 aliphatic rings. The van der Waals surface area contributed by atoms with Crippen LogP contribution in [0.25, 0.3) is 16.7 Å². The van der Waals surface area contributed by atoms with E-state index in [9.17, 15) is 5.26 Å². The maximum Gasteiger partial charge on any atom is 0.157 e. The molecule has 0 saturated carbocycles. The van der Waals surface area contributed by atoms with Gasteiger partial charge in [0.15, 0.2) is 5.65 Å². The van der Waals surface area contributed by atoms with Gasteiger partial charge in [-0.1, -0.05) is 36.8 Å². The van der Waals surface area contributed by atoms with Crippen LogP contribution in [0.2, 0.25) is 0 Å². The fourth-order valence-corrected chi connectivity index (χ4v) is 5.03. The summed E-state index contributed by atoms with van der Waals surface area (Å²) in [7, 11) is 0. The molecule has 0 N–H and O–H groups in total. The second kappa shape index (κ2) is 9.36. The summed E-state index contributed by atoms with van der Waals surface area (Å²) in [6.45, 7) is 11.8. The number of nitriles is 1. The van der Waals surface area contributed by atoms with Crippen molar-refractivity contribution >= 4 is 22.5 Å². The molecule has 1 saturated heterocycles. The van der Waals surface area contributed by atoms with Crippen LogP contribution in [0, 0.1) is 25.2 Å². The zero-order valence-corrected chi connectivity index (χ0v) is 20.2. The van der Waals surface area contributed by atoms with Gasteiger partial charge in [-0.2, -0.15) is 5.26 Å². The molecule has 5 rings (SSSR count). The van der Waals surface area contributed by atoms with E-state index < -0.39 is 0 Å². The van der Waals surface area contributed by atoms with Gasteiger partial charge in [0.1, 0.15) is 24.2 Å². The summed E-state index contributed by atoms with van der Waals surface area (Å²) in [6, 6.07) is 18.8. The molecule has 0 radical (unpaired) electrons. The van der Waals surface area contributed by atoms with E-state index in [4.69, 9.17) is 9.72 Å². The standard InChI is InChI=1S/C28H31N5O/c1-4-23-21(3)24(19-29)27-30-25-7-5-6-8-26(25)33(27)28(23)32-15-13-31(14-16-32)17-18-34-22-11-9-20(2)10-12-22/h5-12H,4,13-18H2,1-3H3. The minimum absolute atomic E-state index is 0.684. The van der Waals surface area contributed by atoms with Gasteiger partial charge in [0.2, 0.25) is 0 Å². The van der Waals surface area contributed by atoms with Crippen molar-refractivity contribution in [3.05, 3.63) is 70.8 Å². The van der Waals surface area contributed by atoms with Gasteiger partial charge in [-0.3, -0.25) is 9.30 Å². The highest BCUT2D eigenvalue weighted by atomic mass is 16.5. The highest BCUT2D eigenvalue weighted by molar-refractivity contribution is 5.86. The van der Waals surface area contributed by atoms with Crippen molar-refractivity contribution in [3.8, 4) is 11.8 Å². The molecule has 4 aromatic rings. The number of anilines is 1. The predicted molar refractivity (Wildman–Crippen MR) is 137 cm³/mol. The lowest BCUT2D eigenvalue weighted by atomic mass is 10.0. The van der Waals surface area contributed by atoms with Crippen LogP contribution in [0.1, 0.15) is 29.2 Å². The number of para-hydroxylation sites is 2. The molecule has 1 fully saturated rings. The van der Waals surface area contributed by atoms with Crippen molar-refractivity contribution in [2.24, 2.45) is 0 Å². The third-order valence-electron chi connectivity index (χ3n) is 6.93. The number of fused-ring (bicyclic) bond motifs is 3. The van der Waals surface area contributed by atoms with Crippen LogP contribution >= 0.6 is 0 Å². The van der Waals surface area contributed by atoms with Crippen molar-refractivity contribution in [1.29, 1.82) is 5.26 Å². The zero-order valence-electron chi connectivity index (χ0n) is 20.2. The first-order chi connectivity index (χ1) is 16.6. The van der Waals surface area contributed by atoms with E-state index in [2.05, 4.69) is 59.2 Å². The molecule has 1 aliphatic heterocycles. The maximum atomic E-state index is 9.94. The lowest BCUT2D eigenvalue weighted by Crippen LogP contribution is -2.48. The summed E-state index contributed by atoms with van der Waals surface area (Å²) in [4.78, 5) is 9.80. The molecule has 0 atom stereocenters. The molecule has 0 spiro atoms. The second-order valence-electron chi connectivity index (χ2n) is 9.02. The summed E-state index contributed by atoms with van der Waals surface area (Å²) in [5, 5.41) is 9.94. The average molecular weight is 454 g/mol. The monoisotopic (exact) mass is 453 g/mol. The Morgan fingerprint density at radius 2 is 1.74 bits per heavy atom. The molecule has 6 heteroatoms. The Hall–Kier alpha value is -3.56. The van der Waals surface area contributed by atoms with Gasteiger partial charge in [0, 0.05) is 32.7 Å². The molecule has 6 nitrogen and oxygen atoms in total. The quantitative estimate of drug-likeness (QED) is 0.422. The van der Waals surface area contributed by atoms with Crippen molar-refractivity contribution in [3.63, 3.8) is 0 Å². The van der Waals surface area contributed by atoms with E-state index in [0.29, 0.717) is 12.2 Å². The fraction of sp³-hybridized carbons (Fsp3) is 0.357. The molecule has 3 heterocycles. The summed E-state index contributed by atoms with van der Waals surface area (Å²) in [6.07, 6.45) is 0.878. The molecular formula is C28H31N5O. The minimum atomic E-state index is 0.684. The number of hydrogen-bond donors (Lipinski definition) is 0. The van der Waals surface area contributed by atoms with Gasteiger partial charge < -0.3 is 9.64 Å². The van der Waals surface area contributed by atoms with E-state index in [1.165, 1.54) is 16.9 Å². The van der Waals surface area contributed by atoms with Gasteiger partial charge >= 0.3 is 0 Å². The second-order valence-corrected chi connectivity index (χ2v) is 9.02. The van der Waals surface area contributed by atoms with E-state index >= 15 is 0 Å². The van der Waals surface area contributed by atoms with Crippen molar-refractivity contribution < 1.29 is 4.74 Å². The van der Waals surface area contributed by atoms with Crippen molar-refractivity contribution in [1.82, 2.24) is 14.3 Å². The molecular weight excluding hydrogens is 422 g/mol. The number of nitrogens with zero attached hydrogens (tertiary/aromatic N) is 5. The third kappa shape index (κ3) is 3.97. The topological polar surface area (TPSA) is 56.8 Å². The van der Waals surface area contributed by atoms with E-state index in [0.717, 1.165) is 67.1 Å². The molecule has 0 bridgehead atoms. The summed E-state index contributed by atoms with van der Waals surface area (Å²) in [5.74, 6) is 2.12. The SMILES string of the molecule is CCc1c(C)c(C#N)c2nc3ccccc3n2c1N1CCN(CCOc2ccc(C)cc2)CC1. The van der Waals surface area contributed by atoms with Crippen LogP contribution in [0.5, 0.6) is 5.75 Å². The van der Waals surface area contributed by atoms with Crippen LogP contribution in [0.4, 0.5) is 5.82 Å². The van der Waals surface area contributed by atoms with Gasteiger partial charge in [-0.25, -0.2) is 4.98 Å². The maximum absolute atomic E-state index is 9.94. The Kier molecular flexibility index (Phi) is 6.12. The molecule has 34 heavy (non-hydrogen) atoms. The van der Waals surface area contributed by atoms with Crippen LogP contribution in [-0.2, 0) is 6.42 Å². The first-order valence-corrected chi connectivity index (χ1v) is 12.1. The van der Waals surface area contributed by atoms with Crippen LogP contribution in [0.15, 0.2) is 48.5 Å². The number of hydrogen-bond acceptors (Lipinski definition) is 5. The average Bonchev–Trinajstić information content (AvgIpc) is 3.24. The smallest absolute Gasteiger partial charge is 0.157 e.